The van der Waals surface area contributed by atoms with Crippen LogP contribution in [0.4, 0.5) is 11.4 Å². The lowest BCUT2D eigenvalue weighted by Gasteiger charge is -2.14. The fraction of sp³-hybridized carbons (Fsp3) is 0.323. The number of carboxylic acids is 2. The quantitative estimate of drug-likeness (QED) is 0.197. The summed E-state index contributed by atoms with van der Waals surface area (Å²) in [5.41, 5.74) is 3.56. The van der Waals surface area contributed by atoms with Crippen LogP contribution in [0.2, 0.25) is 10.0 Å². The molecule has 0 amide bonds. The van der Waals surface area contributed by atoms with Gasteiger partial charge in [-0.05, 0) is 48.9 Å². The van der Waals surface area contributed by atoms with Gasteiger partial charge in [0.05, 0.1) is 28.1 Å². The number of nitrogens with one attached hydrogen (secondary N) is 1. The summed E-state index contributed by atoms with van der Waals surface area (Å²) in [4.78, 5) is 33.3. The maximum atomic E-state index is 11.6. The van der Waals surface area contributed by atoms with Crippen LogP contribution in [0.25, 0.3) is 0 Å². The van der Waals surface area contributed by atoms with Crippen LogP contribution in [0.1, 0.15) is 62.6 Å². The molecule has 214 valence electrons. The number of aliphatic carboxylic acids is 2. The average Bonchev–Trinajstić information content (AvgIpc) is 3.32. The maximum absolute atomic E-state index is 11.6. The van der Waals surface area contributed by atoms with Crippen molar-refractivity contribution >= 4 is 52.3 Å². The van der Waals surface area contributed by atoms with Gasteiger partial charge in [0.15, 0.2) is 0 Å². The van der Waals surface area contributed by atoms with Crippen molar-refractivity contribution in [1.29, 1.82) is 0 Å². The van der Waals surface area contributed by atoms with Crippen LogP contribution in [0, 0.1) is 5.92 Å². The Morgan fingerprint density at radius 2 is 1.60 bits per heavy atom. The molecule has 1 fully saturated rings. The normalized spacial score (nSPS) is 14.7. The Kier molecular flexibility index (Phi) is 13.0. The van der Waals surface area contributed by atoms with Gasteiger partial charge >= 0.3 is 11.9 Å². The largest absolute Gasteiger partial charge is 0.508 e. The van der Waals surface area contributed by atoms with E-state index in [9.17, 15) is 19.5 Å². The minimum absolute atomic E-state index is 0.0376. The first kappa shape index (κ1) is 32.7. The van der Waals surface area contributed by atoms with Crippen molar-refractivity contribution in [1.82, 2.24) is 0 Å². The van der Waals surface area contributed by atoms with Crippen LogP contribution in [0.3, 0.4) is 0 Å². The smallest absolute Gasteiger partial charge is 0.310 e. The molecule has 0 aliphatic heterocycles. The molecule has 1 aliphatic carbocycles. The summed E-state index contributed by atoms with van der Waals surface area (Å²) >= 11 is 12.0. The molecule has 9 heteroatoms. The number of aromatic hydroxyl groups is 1. The lowest BCUT2D eigenvalue weighted by molar-refractivity contribution is -0.138. The molecule has 3 aromatic rings. The Morgan fingerprint density at radius 1 is 1.00 bits per heavy atom. The van der Waals surface area contributed by atoms with Crippen molar-refractivity contribution in [3.8, 4) is 5.75 Å². The number of hydrogen-bond donors (Lipinski definition) is 4. The number of phenols is 1. The van der Waals surface area contributed by atoms with Crippen molar-refractivity contribution in [2.45, 2.75) is 58.8 Å². The Hall–Kier alpha value is -3.55. The maximum Gasteiger partial charge on any atom is 0.310 e. The standard InChI is InChI=1S/C15H18O3.C14H11Cl2NO3.C2H6/c1-10(15(17)18)12-7-5-11(6-8-12)9-13-3-2-4-14(13)16;15-10-6-9(18)7-11(16)14(10)17-12-4-2-1-3-8(12)5-13(19)20;1-2/h5-8,10,13H,2-4,9H2,1H3,(H,17,18);1-4,6-7,17-18H,5H2,(H,19,20);1-2H3. The number of benzene rings is 3. The zero-order chi connectivity index (χ0) is 29.8. The van der Waals surface area contributed by atoms with E-state index in [4.69, 9.17) is 33.4 Å². The lowest BCUT2D eigenvalue weighted by atomic mass is 9.94. The van der Waals surface area contributed by atoms with Crippen molar-refractivity contribution in [2.24, 2.45) is 5.92 Å². The number of carbonyl (C=O) groups excluding carboxylic acids is 1. The minimum atomic E-state index is -0.929. The summed E-state index contributed by atoms with van der Waals surface area (Å²) in [5, 5.41) is 30.7. The Labute approximate surface area is 244 Å². The lowest BCUT2D eigenvalue weighted by Crippen LogP contribution is -2.10. The van der Waals surface area contributed by atoms with Crippen LogP contribution < -0.4 is 5.32 Å². The highest BCUT2D eigenvalue weighted by Gasteiger charge is 2.24. The number of hydrogen-bond acceptors (Lipinski definition) is 5. The number of rotatable bonds is 8. The molecule has 2 unspecified atom stereocenters. The second-order valence-electron chi connectivity index (χ2n) is 9.20. The third kappa shape index (κ3) is 9.57. The first-order chi connectivity index (χ1) is 19.0. The summed E-state index contributed by atoms with van der Waals surface area (Å²) in [6.07, 6.45) is 3.40. The highest BCUT2D eigenvalue weighted by atomic mass is 35.5. The van der Waals surface area contributed by atoms with Crippen LogP contribution >= 0.6 is 23.2 Å². The molecule has 40 heavy (non-hydrogen) atoms. The number of carbonyl (C=O) groups is 3. The van der Waals surface area contributed by atoms with E-state index in [1.807, 2.05) is 38.1 Å². The molecule has 1 saturated carbocycles. The van der Waals surface area contributed by atoms with Gasteiger partial charge < -0.3 is 20.6 Å². The minimum Gasteiger partial charge on any atom is -0.508 e. The second kappa shape index (κ2) is 15.9. The molecule has 0 aromatic heterocycles. The average molecular weight is 589 g/mol. The SMILES string of the molecule is CC.CC(C(=O)O)c1ccc(CC2CCCC2=O)cc1.O=C(O)Cc1ccccc1Nc1c(Cl)cc(O)cc1Cl. The molecule has 3 aromatic carbocycles. The third-order valence-corrected chi connectivity index (χ3v) is 7.01. The molecule has 2 atom stereocenters. The molecule has 0 radical (unpaired) electrons. The van der Waals surface area contributed by atoms with Gasteiger partial charge in [-0.2, -0.15) is 0 Å². The van der Waals surface area contributed by atoms with Gasteiger partial charge in [0, 0.05) is 30.2 Å². The van der Waals surface area contributed by atoms with Crippen LogP contribution in [0.15, 0.2) is 60.7 Å². The summed E-state index contributed by atoms with van der Waals surface area (Å²) < 4.78 is 0. The van der Waals surface area contributed by atoms with Crippen molar-refractivity contribution < 1.29 is 29.7 Å². The van der Waals surface area contributed by atoms with Gasteiger partial charge in [-0.1, -0.05) is 79.5 Å². The van der Waals surface area contributed by atoms with E-state index in [1.54, 1.807) is 31.2 Å². The number of anilines is 2. The molecular weight excluding hydrogens is 553 g/mol. The van der Waals surface area contributed by atoms with Gasteiger partial charge in [0.25, 0.3) is 0 Å². The molecule has 0 saturated heterocycles. The van der Waals surface area contributed by atoms with Crippen LogP contribution in [-0.2, 0) is 27.2 Å². The Morgan fingerprint density at radius 3 is 2.12 bits per heavy atom. The number of halogens is 2. The summed E-state index contributed by atoms with van der Waals surface area (Å²) in [7, 11) is 0. The third-order valence-electron chi connectivity index (χ3n) is 6.41. The number of para-hydroxylation sites is 1. The van der Waals surface area contributed by atoms with Crippen molar-refractivity contribution in [2.75, 3.05) is 5.32 Å². The van der Waals surface area contributed by atoms with Crippen molar-refractivity contribution in [3.63, 3.8) is 0 Å². The van der Waals surface area contributed by atoms with E-state index >= 15 is 0 Å². The summed E-state index contributed by atoms with van der Waals surface area (Å²) in [6.45, 7) is 5.68. The number of Topliss-reactive ketones (excluding diaryl/α,β-unsaturated/α-hetero) is 1. The molecule has 0 bridgehead atoms. The van der Waals surface area contributed by atoms with Gasteiger partial charge in [-0.3, -0.25) is 14.4 Å². The molecule has 1 aliphatic rings. The first-order valence-corrected chi connectivity index (χ1v) is 13.9. The molecule has 0 heterocycles. The van der Waals surface area contributed by atoms with Crippen LogP contribution in [-0.4, -0.2) is 33.0 Å². The van der Waals surface area contributed by atoms with Gasteiger partial charge in [0.1, 0.15) is 11.5 Å². The molecular formula is C31H35Cl2NO6. The van der Waals surface area contributed by atoms with Gasteiger partial charge in [-0.15, -0.1) is 0 Å². The second-order valence-corrected chi connectivity index (χ2v) is 10.0. The van der Waals surface area contributed by atoms with Crippen molar-refractivity contribution in [3.05, 3.63) is 87.4 Å². The highest BCUT2D eigenvalue weighted by Crippen LogP contribution is 2.37. The fourth-order valence-electron chi connectivity index (χ4n) is 4.25. The van der Waals surface area contributed by atoms with E-state index in [0.717, 1.165) is 36.8 Å². The Bertz CT molecular complexity index is 1290. The van der Waals surface area contributed by atoms with Gasteiger partial charge in [0.2, 0.25) is 0 Å². The van der Waals surface area contributed by atoms with Crippen LogP contribution in [0.5, 0.6) is 5.75 Å². The summed E-state index contributed by atoms with van der Waals surface area (Å²) in [6, 6.07) is 17.3. The van der Waals surface area contributed by atoms with E-state index < -0.39 is 17.9 Å². The number of ketones is 1. The highest BCUT2D eigenvalue weighted by molar-refractivity contribution is 6.39. The summed E-state index contributed by atoms with van der Waals surface area (Å²) in [5.74, 6) is -1.71. The van der Waals surface area contributed by atoms with E-state index in [1.165, 1.54) is 12.1 Å². The van der Waals surface area contributed by atoms with Gasteiger partial charge in [-0.25, -0.2) is 0 Å². The molecule has 7 nitrogen and oxygen atoms in total. The molecule has 4 N–H and O–H groups in total. The number of phenolic OH excluding ortho intramolecular Hbond substituents is 1. The zero-order valence-corrected chi connectivity index (χ0v) is 24.3. The first-order valence-electron chi connectivity index (χ1n) is 13.1. The topological polar surface area (TPSA) is 124 Å². The fourth-order valence-corrected chi connectivity index (χ4v) is 4.82. The van der Waals surface area contributed by atoms with E-state index in [0.29, 0.717) is 22.7 Å². The monoisotopic (exact) mass is 587 g/mol. The predicted molar refractivity (Wildman–Crippen MR) is 159 cm³/mol. The van der Waals surface area contributed by atoms with E-state index in [2.05, 4.69) is 5.32 Å². The van der Waals surface area contributed by atoms with E-state index in [-0.39, 0.29) is 28.1 Å². The zero-order valence-electron chi connectivity index (χ0n) is 22.8. The predicted octanol–water partition coefficient (Wildman–Crippen LogP) is 7.88. The Balaban J connectivity index is 0.000000265. The number of carboxylic acid groups (broad SMARTS) is 2. The molecule has 0 spiro atoms. The molecule has 4 rings (SSSR count).